The molecule has 2 heteroatoms. The standard InChI is InChI=1S/C14H28O2/c1-5-9-10-11-12(6-2)14(7-3,8-4)13(15)16/h12H,5-11H2,1-4H3,(H,15,16). The molecule has 2 nitrogen and oxygen atoms in total. The van der Waals surface area contributed by atoms with E-state index in [1.165, 1.54) is 19.3 Å². The van der Waals surface area contributed by atoms with Crippen LogP contribution in [0, 0.1) is 11.3 Å². The fraction of sp³-hybridized carbons (Fsp3) is 0.929. The highest BCUT2D eigenvalue weighted by Gasteiger charge is 2.41. The van der Waals surface area contributed by atoms with E-state index in [-0.39, 0.29) is 0 Å². The van der Waals surface area contributed by atoms with E-state index in [1.807, 2.05) is 13.8 Å². The number of carboxylic acids is 1. The van der Waals surface area contributed by atoms with Gasteiger partial charge in [0.05, 0.1) is 5.41 Å². The van der Waals surface area contributed by atoms with Crippen molar-refractivity contribution in [2.45, 2.75) is 72.6 Å². The molecular weight excluding hydrogens is 200 g/mol. The number of aliphatic carboxylic acids is 1. The third-order valence-corrected chi connectivity index (χ3v) is 4.12. The van der Waals surface area contributed by atoms with Crippen molar-refractivity contribution in [2.75, 3.05) is 0 Å². The van der Waals surface area contributed by atoms with Crippen LogP contribution in [0.3, 0.4) is 0 Å². The molecule has 96 valence electrons. The normalized spacial score (nSPS) is 13.8. The summed E-state index contributed by atoms with van der Waals surface area (Å²) in [6, 6.07) is 0. The number of unbranched alkanes of at least 4 members (excludes halogenated alkanes) is 2. The average Bonchev–Trinajstić information content (AvgIpc) is 2.28. The molecule has 0 spiro atoms. The van der Waals surface area contributed by atoms with Gasteiger partial charge in [-0.1, -0.05) is 53.4 Å². The van der Waals surface area contributed by atoms with Gasteiger partial charge in [0.25, 0.3) is 0 Å². The first kappa shape index (κ1) is 15.5. The molecule has 0 aromatic carbocycles. The summed E-state index contributed by atoms with van der Waals surface area (Å²) >= 11 is 0. The molecule has 0 saturated heterocycles. The van der Waals surface area contributed by atoms with Gasteiger partial charge < -0.3 is 5.11 Å². The van der Waals surface area contributed by atoms with Gasteiger partial charge in [0.2, 0.25) is 0 Å². The molecule has 0 rings (SSSR count). The molecule has 0 saturated carbocycles. The maximum Gasteiger partial charge on any atom is 0.309 e. The zero-order valence-electron chi connectivity index (χ0n) is 11.4. The molecule has 16 heavy (non-hydrogen) atoms. The third-order valence-electron chi connectivity index (χ3n) is 4.12. The predicted molar refractivity (Wildman–Crippen MR) is 68.6 cm³/mol. The summed E-state index contributed by atoms with van der Waals surface area (Å²) in [4.78, 5) is 11.5. The number of carboxylic acid groups (broad SMARTS) is 1. The van der Waals surface area contributed by atoms with Gasteiger partial charge in [-0.05, 0) is 25.2 Å². The lowest BCUT2D eigenvalue weighted by atomic mass is 9.68. The molecule has 1 N–H and O–H groups in total. The molecular formula is C14H28O2. The lowest BCUT2D eigenvalue weighted by Crippen LogP contribution is -2.37. The van der Waals surface area contributed by atoms with Crippen LogP contribution in [0.1, 0.15) is 72.6 Å². The Labute approximate surface area is 100 Å². The van der Waals surface area contributed by atoms with E-state index in [0.717, 1.165) is 25.7 Å². The molecule has 0 aliphatic carbocycles. The number of carbonyl (C=O) groups is 1. The highest BCUT2D eigenvalue weighted by molar-refractivity contribution is 5.74. The van der Waals surface area contributed by atoms with Crippen LogP contribution in [0.25, 0.3) is 0 Å². The van der Waals surface area contributed by atoms with Crippen LogP contribution in [0.4, 0.5) is 0 Å². The van der Waals surface area contributed by atoms with Crippen molar-refractivity contribution in [3.8, 4) is 0 Å². The molecule has 0 radical (unpaired) electrons. The molecule has 0 bridgehead atoms. The van der Waals surface area contributed by atoms with E-state index in [2.05, 4.69) is 13.8 Å². The van der Waals surface area contributed by atoms with Crippen molar-refractivity contribution in [1.29, 1.82) is 0 Å². The first-order chi connectivity index (χ1) is 7.58. The smallest absolute Gasteiger partial charge is 0.309 e. The number of hydrogen-bond acceptors (Lipinski definition) is 1. The van der Waals surface area contributed by atoms with E-state index < -0.39 is 11.4 Å². The second kappa shape index (κ2) is 7.70. The summed E-state index contributed by atoms with van der Waals surface area (Å²) in [5.74, 6) is -0.257. The van der Waals surface area contributed by atoms with Gasteiger partial charge in [0.15, 0.2) is 0 Å². The van der Waals surface area contributed by atoms with Crippen molar-refractivity contribution >= 4 is 5.97 Å². The fourth-order valence-electron chi connectivity index (χ4n) is 2.82. The largest absolute Gasteiger partial charge is 0.481 e. The van der Waals surface area contributed by atoms with Crippen LogP contribution >= 0.6 is 0 Å². The van der Waals surface area contributed by atoms with Crippen molar-refractivity contribution in [3.05, 3.63) is 0 Å². The van der Waals surface area contributed by atoms with Crippen LogP contribution in [-0.4, -0.2) is 11.1 Å². The SMILES string of the molecule is CCCCCC(CC)C(CC)(CC)C(=O)O. The molecule has 0 aliphatic rings. The van der Waals surface area contributed by atoms with Crippen LogP contribution in [-0.2, 0) is 4.79 Å². The second-order valence-corrected chi connectivity index (χ2v) is 4.77. The molecule has 0 amide bonds. The molecule has 0 heterocycles. The summed E-state index contributed by atoms with van der Waals surface area (Å²) < 4.78 is 0. The Morgan fingerprint density at radius 3 is 2.00 bits per heavy atom. The van der Waals surface area contributed by atoms with Crippen LogP contribution < -0.4 is 0 Å². The summed E-state index contributed by atoms with van der Waals surface area (Å²) in [5.41, 5.74) is -0.484. The Balaban J connectivity index is 4.64. The quantitative estimate of drug-likeness (QED) is 0.591. The molecule has 0 aliphatic heterocycles. The summed E-state index contributed by atoms with van der Waals surface area (Å²) in [6.45, 7) is 8.34. The summed E-state index contributed by atoms with van der Waals surface area (Å²) in [6.07, 6.45) is 7.15. The summed E-state index contributed by atoms with van der Waals surface area (Å²) in [7, 11) is 0. The molecule has 0 aromatic rings. The first-order valence-electron chi connectivity index (χ1n) is 6.82. The minimum atomic E-state index is -0.596. The van der Waals surface area contributed by atoms with Gasteiger partial charge in [0, 0.05) is 0 Å². The number of hydrogen-bond donors (Lipinski definition) is 1. The predicted octanol–water partition coefficient (Wildman–Crippen LogP) is 4.48. The highest BCUT2D eigenvalue weighted by atomic mass is 16.4. The van der Waals surface area contributed by atoms with E-state index in [4.69, 9.17) is 0 Å². The lowest BCUT2D eigenvalue weighted by Gasteiger charge is -2.35. The van der Waals surface area contributed by atoms with Gasteiger partial charge in [0.1, 0.15) is 0 Å². The van der Waals surface area contributed by atoms with E-state index in [1.54, 1.807) is 0 Å². The highest BCUT2D eigenvalue weighted by Crippen LogP contribution is 2.40. The van der Waals surface area contributed by atoms with Crippen molar-refractivity contribution in [1.82, 2.24) is 0 Å². The first-order valence-corrected chi connectivity index (χ1v) is 6.82. The van der Waals surface area contributed by atoms with Gasteiger partial charge >= 0.3 is 5.97 Å². The Morgan fingerprint density at radius 2 is 1.69 bits per heavy atom. The van der Waals surface area contributed by atoms with E-state index in [9.17, 15) is 9.90 Å². The van der Waals surface area contributed by atoms with Crippen molar-refractivity contribution in [2.24, 2.45) is 11.3 Å². The molecule has 1 unspecified atom stereocenters. The zero-order chi connectivity index (χ0) is 12.6. The molecule has 1 atom stereocenters. The zero-order valence-corrected chi connectivity index (χ0v) is 11.4. The third kappa shape index (κ3) is 3.50. The van der Waals surface area contributed by atoms with Crippen LogP contribution in [0.15, 0.2) is 0 Å². The minimum Gasteiger partial charge on any atom is -0.481 e. The minimum absolute atomic E-state index is 0.339. The van der Waals surface area contributed by atoms with Gasteiger partial charge in [-0.3, -0.25) is 4.79 Å². The Morgan fingerprint density at radius 1 is 1.12 bits per heavy atom. The average molecular weight is 228 g/mol. The molecule has 0 fully saturated rings. The Kier molecular flexibility index (Phi) is 7.44. The van der Waals surface area contributed by atoms with Gasteiger partial charge in [-0.25, -0.2) is 0 Å². The van der Waals surface area contributed by atoms with Gasteiger partial charge in [-0.2, -0.15) is 0 Å². The summed E-state index contributed by atoms with van der Waals surface area (Å²) in [5, 5.41) is 9.48. The molecule has 0 aromatic heterocycles. The maximum atomic E-state index is 11.5. The van der Waals surface area contributed by atoms with Crippen LogP contribution in [0.5, 0.6) is 0 Å². The topological polar surface area (TPSA) is 37.3 Å². The Bertz CT molecular complexity index is 195. The van der Waals surface area contributed by atoms with E-state index in [0.29, 0.717) is 5.92 Å². The fourth-order valence-corrected chi connectivity index (χ4v) is 2.82. The Hall–Kier alpha value is -0.530. The number of rotatable bonds is 9. The monoisotopic (exact) mass is 228 g/mol. The maximum absolute atomic E-state index is 11.5. The van der Waals surface area contributed by atoms with Crippen molar-refractivity contribution < 1.29 is 9.90 Å². The second-order valence-electron chi connectivity index (χ2n) is 4.77. The van der Waals surface area contributed by atoms with Crippen molar-refractivity contribution in [3.63, 3.8) is 0 Å². The van der Waals surface area contributed by atoms with E-state index >= 15 is 0 Å². The van der Waals surface area contributed by atoms with Crippen LogP contribution in [0.2, 0.25) is 0 Å². The van der Waals surface area contributed by atoms with Gasteiger partial charge in [-0.15, -0.1) is 0 Å². The lowest BCUT2D eigenvalue weighted by molar-refractivity contribution is -0.153.